The lowest BCUT2D eigenvalue weighted by molar-refractivity contribution is -0.385. The van der Waals surface area contributed by atoms with Crippen LogP contribution in [0.25, 0.3) is 0 Å². The van der Waals surface area contributed by atoms with Crippen molar-refractivity contribution >= 4 is 23.0 Å². The van der Waals surface area contributed by atoms with Crippen LogP contribution in [0.5, 0.6) is 0 Å². The normalized spacial score (nSPS) is 10.6. The Labute approximate surface area is 147 Å². The van der Waals surface area contributed by atoms with Gasteiger partial charge in [0.05, 0.1) is 11.5 Å². The van der Waals surface area contributed by atoms with Gasteiger partial charge in [0, 0.05) is 23.0 Å². The summed E-state index contributed by atoms with van der Waals surface area (Å²) in [4.78, 5) is 22.9. The Morgan fingerprint density at radius 1 is 1.12 bits per heavy atom. The molecule has 6 heteroatoms. The van der Waals surface area contributed by atoms with E-state index in [1.165, 1.54) is 6.07 Å². The van der Waals surface area contributed by atoms with E-state index in [-0.39, 0.29) is 18.1 Å². The fraction of sp³-hybridized carbons (Fsp3) is 0.316. The topological polar surface area (TPSA) is 84.3 Å². The number of anilines is 2. The minimum Gasteiger partial charge on any atom is -0.376 e. The Bertz CT molecular complexity index is 800. The van der Waals surface area contributed by atoms with Gasteiger partial charge in [-0.3, -0.25) is 14.9 Å². The number of hydrogen-bond acceptors (Lipinski definition) is 4. The number of rotatable bonds is 6. The van der Waals surface area contributed by atoms with Gasteiger partial charge in [-0.25, -0.2) is 0 Å². The third kappa shape index (κ3) is 4.56. The molecule has 0 saturated carbocycles. The monoisotopic (exact) mass is 341 g/mol. The number of carbonyl (C=O) groups is 1. The number of amides is 1. The molecule has 0 unspecified atom stereocenters. The smallest absolute Gasteiger partial charge is 0.274 e. The summed E-state index contributed by atoms with van der Waals surface area (Å²) in [5.74, 6) is 0.0992. The van der Waals surface area contributed by atoms with Gasteiger partial charge in [-0.2, -0.15) is 0 Å². The maximum atomic E-state index is 12.3. The summed E-state index contributed by atoms with van der Waals surface area (Å²) in [6.07, 6.45) is 0. The van der Waals surface area contributed by atoms with Gasteiger partial charge in [0.25, 0.3) is 5.69 Å². The molecule has 0 aliphatic carbocycles. The second-order valence-corrected chi connectivity index (χ2v) is 6.35. The number of nitro groups is 1. The Balaban J connectivity index is 2.08. The first-order chi connectivity index (χ1) is 11.8. The van der Waals surface area contributed by atoms with E-state index in [0.29, 0.717) is 17.2 Å². The van der Waals surface area contributed by atoms with Crippen molar-refractivity contribution in [2.75, 3.05) is 17.2 Å². The Morgan fingerprint density at radius 3 is 2.44 bits per heavy atom. The van der Waals surface area contributed by atoms with Crippen molar-refractivity contribution in [2.24, 2.45) is 0 Å². The van der Waals surface area contributed by atoms with Crippen LogP contribution < -0.4 is 10.6 Å². The van der Waals surface area contributed by atoms with Crippen LogP contribution in [0.3, 0.4) is 0 Å². The first kappa shape index (κ1) is 18.4. The number of para-hydroxylation sites is 1. The number of nitro benzene ring substituents is 1. The molecule has 2 aromatic carbocycles. The summed E-state index contributed by atoms with van der Waals surface area (Å²) in [6.45, 7) is 7.72. The Morgan fingerprint density at radius 2 is 1.80 bits per heavy atom. The molecule has 0 saturated heterocycles. The summed E-state index contributed by atoms with van der Waals surface area (Å²) in [5, 5.41) is 16.9. The maximum absolute atomic E-state index is 12.3. The number of nitrogens with one attached hydrogen (secondary N) is 2. The van der Waals surface area contributed by atoms with Gasteiger partial charge >= 0.3 is 0 Å². The minimum atomic E-state index is -0.418. The van der Waals surface area contributed by atoms with Gasteiger partial charge in [-0.1, -0.05) is 32.0 Å². The molecule has 2 rings (SSSR count). The van der Waals surface area contributed by atoms with Gasteiger partial charge in [-0.15, -0.1) is 0 Å². The molecule has 25 heavy (non-hydrogen) atoms. The van der Waals surface area contributed by atoms with Crippen molar-refractivity contribution in [1.29, 1.82) is 0 Å². The molecule has 0 atom stereocenters. The van der Waals surface area contributed by atoms with Crippen LogP contribution in [-0.4, -0.2) is 17.4 Å². The SMILES string of the molecule is Cc1cc(C)c([N+](=O)[O-])cc1NCC(=O)Nc1ccccc1C(C)C. The van der Waals surface area contributed by atoms with E-state index in [0.717, 1.165) is 16.8 Å². The predicted molar refractivity (Wildman–Crippen MR) is 100 cm³/mol. The van der Waals surface area contributed by atoms with E-state index in [1.807, 2.05) is 31.2 Å². The fourth-order valence-electron chi connectivity index (χ4n) is 2.71. The molecular formula is C19H23N3O3. The molecule has 132 valence electrons. The summed E-state index contributed by atoms with van der Waals surface area (Å²) >= 11 is 0. The van der Waals surface area contributed by atoms with Crippen LogP contribution in [0.4, 0.5) is 17.1 Å². The van der Waals surface area contributed by atoms with Crippen LogP contribution in [0.15, 0.2) is 36.4 Å². The highest BCUT2D eigenvalue weighted by Gasteiger charge is 2.14. The lowest BCUT2D eigenvalue weighted by Gasteiger charge is -2.15. The zero-order valence-corrected chi connectivity index (χ0v) is 14.9. The molecule has 0 heterocycles. The zero-order chi connectivity index (χ0) is 18.6. The first-order valence-electron chi connectivity index (χ1n) is 8.18. The van der Waals surface area contributed by atoms with Crippen molar-refractivity contribution in [1.82, 2.24) is 0 Å². The molecule has 0 spiro atoms. The van der Waals surface area contributed by atoms with Crippen LogP contribution in [0, 0.1) is 24.0 Å². The van der Waals surface area contributed by atoms with E-state index < -0.39 is 4.92 Å². The molecule has 0 aliphatic heterocycles. The van der Waals surface area contributed by atoms with Gasteiger partial charge < -0.3 is 10.6 Å². The van der Waals surface area contributed by atoms with E-state index in [4.69, 9.17) is 0 Å². The molecule has 0 bridgehead atoms. The average Bonchev–Trinajstić information content (AvgIpc) is 2.54. The summed E-state index contributed by atoms with van der Waals surface area (Å²) in [6, 6.07) is 10.9. The van der Waals surface area contributed by atoms with Crippen molar-refractivity contribution < 1.29 is 9.72 Å². The Hall–Kier alpha value is -2.89. The highest BCUT2D eigenvalue weighted by atomic mass is 16.6. The van der Waals surface area contributed by atoms with E-state index in [9.17, 15) is 14.9 Å². The molecule has 2 N–H and O–H groups in total. The van der Waals surface area contributed by atoms with Gasteiger partial charge in [0.15, 0.2) is 0 Å². The third-order valence-electron chi connectivity index (χ3n) is 4.04. The number of carbonyl (C=O) groups excluding carboxylic acids is 1. The summed E-state index contributed by atoms with van der Waals surface area (Å²) in [7, 11) is 0. The number of aryl methyl sites for hydroxylation is 2. The fourth-order valence-corrected chi connectivity index (χ4v) is 2.71. The largest absolute Gasteiger partial charge is 0.376 e. The van der Waals surface area contributed by atoms with Gasteiger partial charge in [0.1, 0.15) is 0 Å². The molecule has 1 amide bonds. The maximum Gasteiger partial charge on any atom is 0.274 e. The quantitative estimate of drug-likeness (QED) is 0.603. The highest BCUT2D eigenvalue weighted by molar-refractivity contribution is 5.94. The first-order valence-corrected chi connectivity index (χ1v) is 8.18. The number of benzene rings is 2. The molecule has 2 aromatic rings. The highest BCUT2D eigenvalue weighted by Crippen LogP contribution is 2.26. The van der Waals surface area contributed by atoms with Crippen molar-refractivity contribution in [3.05, 3.63) is 63.2 Å². The standard InChI is InChI=1S/C19H23N3O3/c1-12(2)15-7-5-6-8-16(15)21-19(23)11-20-17-10-18(22(24)25)14(4)9-13(17)3/h5-10,12,20H,11H2,1-4H3,(H,21,23). The Kier molecular flexibility index (Phi) is 5.75. The molecule has 0 fully saturated rings. The molecule has 0 radical (unpaired) electrons. The molecular weight excluding hydrogens is 318 g/mol. The van der Waals surface area contributed by atoms with Gasteiger partial charge in [0.2, 0.25) is 5.91 Å². The predicted octanol–water partition coefficient (Wildman–Crippen LogP) is 4.39. The second kappa shape index (κ2) is 7.79. The number of hydrogen-bond donors (Lipinski definition) is 2. The van der Waals surface area contributed by atoms with Crippen LogP contribution in [-0.2, 0) is 4.79 Å². The summed E-state index contributed by atoms with van der Waals surface area (Å²) < 4.78 is 0. The molecule has 6 nitrogen and oxygen atoms in total. The minimum absolute atomic E-state index is 0.0352. The molecule has 0 aromatic heterocycles. The van der Waals surface area contributed by atoms with E-state index >= 15 is 0 Å². The molecule has 0 aliphatic rings. The van der Waals surface area contributed by atoms with Gasteiger partial charge in [-0.05, 0) is 43.0 Å². The number of nitrogens with zero attached hydrogens (tertiary/aromatic N) is 1. The second-order valence-electron chi connectivity index (χ2n) is 6.35. The lowest BCUT2D eigenvalue weighted by Crippen LogP contribution is -2.23. The van der Waals surface area contributed by atoms with Crippen molar-refractivity contribution in [3.8, 4) is 0 Å². The van der Waals surface area contributed by atoms with Crippen LogP contribution in [0.2, 0.25) is 0 Å². The van der Waals surface area contributed by atoms with Crippen molar-refractivity contribution in [2.45, 2.75) is 33.6 Å². The van der Waals surface area contributed by atoms with Crippen LogP contribution >= 0.6 is 0 Å². The zero-order valence-electron chi connectivity index (χ0n) is 14.9. The summed E-state index contributed by atoms with van der Waals surface area (Å²) in [5.41, 5.74) is 3.94. The van der Waals surface area contributed by atoms with E-state index in [2.05, 4.69) is 24.5 Å². The van der Waals surface area contributed by atoms with Crippen molar-refractivity contribution in [3.63, 3.8) is 0 Å². The van der Waals surface area contributed by atoms with E-state index in [1.54, 1.807) is 13.0 Å². The lowest BCUT2D eigenvalue weighted by atomic mass is 10.0. The van der Waals surface area contributed by atoms with Crippen LogP contribution in [0.1, 0.15) is 36.5 Å². The third-order valence-corrected chi connectivity index (χ3v) is 4.04. The average molecular weight is 341 g/mol.